The number of rotatable bonds is 9. The van der Waals surface area contributed by atoms with Gasteiger partial charge in [0, 0.05) is 44.3 Å². The third kappa shape index (κ3) is 6.30. The van der Waals surface area contributed by atoms with Gasteiger partial charge in [0.1, 0.15) is 5.82 Å². The number of ether oxygens (including phenoxy) is 1. The minimum Gasteiger partial charge on any atom is -0.385 e. The first kappa shape index (κ1) is 23.7. The number of halogens is 1. The summed E-state index contributed by atoms with van der Waals surface area (Å²) in [7, 11) is 1.67. The predicted octanol–water partition coefficient (Wildman–Crippen LogP) is 5.65. The van der Waals surface area contributed by atoms with Crippen LogP contribution >= 0.6 is 0 Å². The highest BCUT2D eigenvalue weighted by molar-refractivity contribution is 5.94. The average Bonchev–Trinajstić information content (AvgIpc) is 3.18. The molecule has 0 fully saturated rings. The summed E-state index contributed by atoms with van der Waals surface area (Å²) in [5.74, 6) is -0.244. The Hall–Kier alpha value is -2.92. The molecule has 1 aromatic heterocycles. The summed E-state index contributed by atoms with van der Waals surface area (Å²) in [6.07, 6.45) is 2.73. The van der Waals surface area contributed by atoms with Crippen molar-refractivity contribution in [2.24, 2.45) is 0 Å². The normalized spacial score (nSPS) is 11.5. The zero-order chi connectivity index (χ0) is 23.1. The molecule has 0 aliphatic heterocycles. The van der Waals surface area contributed by atoms with Gasteiger partial charge < -0.3 is 14.2 Å². The Balaban J connectivity index is 1.79. The molecule has 5 heteroatoms. The van der Waals surface area contributed by atoms with Gasteiger partial charge in [0.05, 0.1) is 6.54 Å². The maximum absolute atomic E-state index is 13.6. The van der Waals surface area contributed by atoms with Crippen molar-refractivity contribution in [3.8, 4) is 0 Å². The molecule has 1 heterocycles. The summed E-state index contributed by atoms with van der Waals surface area (Å²) >= 11 is 0. The van der Waals surface area contributed by atoms with Crippen LogP contribution in [-0.2, 0) is 23.2 Å². The Morgan fingerprint density at radius 1 is 1.06 bits per heavy atom. The fourth-order valence-electron chi connectivity index (χ4n) is 3.72. The highest BCUT2D eigenvalue weighted by atomic mass is 19.1. The van der Waals surface area contributed by atoms with Gasteiger partial charge >= 0.3 is 0 Å². The van der Waals surface area contributed by atoms with Gasteiger partial charge in [-0.3, -0.25) is 4.79 Å². The van der Waals surface area contributed by atoms with Gasteiger partial charge in [0.25, 0.3) is 5.91 Å². The fourth-order valence-corrected chi connectivity index (χ4v) is 3.72. The molecule has 32 heavy (non-hydrogen) atoms. The molecule has 0 radical (unpaired) electrons. The van der Waals surface area contributed by atoms with Gasteiger partial charge in [-0.05, 0) is 59.4 Å². The van der Waals surface area contributed by atoms with Gasteiger partial charge in [-0.1, -0.05) is 45.0 Å². The van der Waals surface area contributed by atoms with Crippen molar-refractivity contribution in [2.75, 3.05) is 20.3 Å². The molecule has 3 rings (SSSR count). The van der Waals surface area contributed by atoms with Gasteiger partial charge in [-0.2, -0.15) is 0 Å². The summed E-state index contributed by atoms with van der Waals surface area (Å²) in [5, 5.41) is 0. The van der Waals surface area contributed by atoms with Crippen molar-refractivity contribution in [1.82, 2.24) is 9.47 Å². The molecule has 0 spiro atoms. The average molecular weight is 437 g/mol. The van der Waals surface area contributed by atoms with Crippen LogP contribution in [0.5, 0.6) is 0 Å². The Labute approximate surface area is 190 Å². The maximum Gasteiger partial charge on any atom is 0.254 e. The summed E-state index contributed by atoms with van der Waals surface area (Å²) in [6.45, 7) is 8.71. The second kappa shape index (κ2) is 10.6. The number of aromatic nitrogens is 1. The molecule has 0 aliphatic rings. The van der Waals surface area contributed by atoms with Crippen molar-refractivity contribution in [1.29, 1.82) is 0 Å². The lowest BCUT2D eigenvalue weighted by Gasteiger charge is -2.25. The van der Waals surface area contributed by atoms with E-state index in [-0.39, 0.29) is 17.1 Å². The summed E-state index contributed by atoms with van der Waals surface area (Å²) < 4.78 is 20.9. The van der Waals surface area contributed by atoms with Crippen molar-refractivity contribution in [3.63, 3.8) is 0 Å². The Kier molecular flexibility index (Phi) is 7.86. The van der Waals surface area contributed by atoms with E-state index in [1.165, 1.54) is 11.6 Å². The number of hydrogen-bond acceptors (Lipinski definition) is 2. The van der Waals surface area contributed by atoms with E-state index in [1.807, 2.05) is 53.6 Å². The maximum atomic E-state index is 13.6. The molecule has 2 aromatic carbocycles. The van der Waals surface area contributed by atoms with Gasteiger partial charge in [-0.25, -0.2) is 4.39 Å². The van der Waals surface area contributed by atoms with E-state index >= 15 is 0 Å². The molecular weight excluding hydrogens is 403 g/mol. The number of amides is 1. The van der Waals surface area contributed by atoms with Gasteiger partial charge in [0.15, 0.2) is 0 Å². The monoisotopic (exact) mass is 436 g/mol. The molecule has 0 N–H and O–H groups in total. The summed E-state index contributed by atoms with van der Waals surface area (Å²) in [6, 6.07) is 18.5. The molecule has 4 nitrogen and oxygen atoms in total. The molecule has 0 unspecified atom stereocenters. The molecule has 1 amide bonds. The smallest absolute Gasteiger partial charge is 0.254 e. The Morgan fingerprint density at radius 3 is 2.47 bits per heavy atom. The van der Waals surface area contributed by atoms with Crippen LogP contribution in [0.25, 0.3) is 0 Å². The molecule has 0 saturated carbocycles. The zero-order valence-corrected chi connectivity index (χ0v) is 19.5. The molecule has 0 saturated heterocycles. The Morgan fingerprint density at radius 2 is 1.81 bits per heavy atom. The number of carbonyl (C=O) groups excluding carboxylic acids is 1. The van der Waals surface area contributed by atoms with Crippen LogP contribution in [0.4, 0.5) is 4.39 Å². The quantitative estimate of drug-likeness (QED) is 0.406. The van der Waals surface area contributed by atoms with Crippen LogP contribution in [0.15, 0.2) is 66.9 Å². The summed E-state index contributed by atoms with van der Waals surface area (Å²) in [4.78, 5) is 15.2. The largest absolute Gasteiger partial charge is 0.385 e. The fraction of sp³-hybridized carbons (Fsp3) is 0.370. The molecule has 3 aromatic rings. The highest BCUT2D eigenvalue weighted by Crippen LogP contribution is 2.23. The lowest BCUT2D eigenvalue weighted by molar-refractivity contribution is 0.0719. The minimum absolute atomic E-state index is 0.0000628. The second-order valence-electron chi connectivity index (χ2n) is 9.16. The van der Waals surface area contributed by atoms with Crippen molar-refractivity contribution < 1.29 is 13.9 Å². The van der Waals surface area contributed by atoms with Crippen molar-refractivity contribution in [3.05, 3.63) is 95.1 Å². The number of hydrogen-bond donors (Lipinski definition) is 0. The SMILES string of the molecule is COCCCN(Cc1cccn1Cc1cccc(F)c1)C(=O)c1ccc(C(C)(C)C)cc1. The molecular formula is C27H33FN2O2. The molecule has 170 valence electrons. The topological polar surface area (TPSA) is 34.5 Å². The zero-order valence-electron chi connectivity index (χ0n) is 19.5. The van der Waals surface area contributed by atoms with Crippen LogP contribution < -0.4 is 0 Å². The van der Waals surface area contributed by atoms with E-state index in [4.69, 9.17) is 4.74 Å². The number of benzene rings is 2. The van der Waals surface area contributed by atoms with Crippen molar-refractivity contribution >= 4 is 5.91 Å². The Bertz CT molecular complexity index is 1020. The number of carbonyl (C=O) groups is 1. The molecule has 0 bridgehead atoms. The van der Waals surface area contributed by atoms with Gasteiger partial charge in [-0.15, -0.1) is 0 Å². The first-order valence-electron chi connectivity index (χ1n) is 11.0. The van der Waals surface area contributed by atoms with E-state index in [9.17, 15) is 9.18 Å². The highest BCUT2D eigenvalue weighted by Gasteiger charge is 2.19. The lowest BCUT2D eigenvalue weighted by Crippen LogP contribution is -2.33. The van der Waals surface area contributed by atoms with Crippen LogP contribution in [0, 0.1) is 5.82 Å². The van der Waals surface area contributed by atoms with Gasteiger partial charge in [0.2, 0.25) is 0 Å². The second-order valence-corrected chi connectivity index (χ2v) is 9.16. The molecule has 0 atom stereocenters. The summed E-state index contributed by atoms with van der Waals surface area (Å²) in [5.41, 5.74) is 3.81. The van der Waals surface area contributed by atoms with Crippen molar-refractivity contribution in [2.45, 2.75) is 45.7 Å². The minimum atomic E-state index is -0.244. The van der Waals surface area contributed by atoms with E-state index in [0.29, 0.717) is 31.8 Å². The predicted molar refractivity (Wildman–Crippen MR) is 126 cm³/mol. The van der Waals surface area contributed by atoms with E-state index < -0.39 is 0 Å². The number of methoxy groups -OCH3 is 1. The van der Waals surface area contributed by atoms with E-state index in [1.54, 1.807) is 19.2 Å². The van der Waals surface area contributed by atoms with Crippen LogP contribution in [0.2, 0.25) is 0 Å². The lowest BCUT2D eigenvalue weighted by atomic mass is 9.86. The first-order valence-corrected chi connectivity index (χ1v) is 11.0. The van der Waals surface area contributed by atoms with Crippen LogP contribution in [0.1, 0.15) is 54.4 Å². The van der Waals surface area contributed by atoms with E-state index in [2.05, 4.69) is 25.3 Å². The van der Waals surface area contributed by atoms with Crippen LogP contribution in [-0.4, -0.2) is 35.6 Å². The standard InChI is InChI=1S/C27H33FN2O2/c1-27(2,3)23-13-11-22(12-14-23)26(31)30(16-7-17-32-4)20-25-10-6-15-29(25)19-21-8-5-9-24(28)18-21/h5-6,8-15,18H,7,16-17,19-20H2,1-4H3. The van der Waals surface area contributed by atoms with Crippen LogP contribution in [0.3, 0.4) is 0 Å². The number of nitrogens with zero attached hydrogens (tertiary/aromatic N) is 2. The van der Waals surface area contributed by atoms with E-state index in [0.717, 1.165) is 17.7 Å². The first-order chi connectivity index (χ1) is 15.3. The third-order valence-electron chi connectivity index (χ3n) is 5.58. The molecule has 0 aliphatic carbocycles. The third-order valence-corrected chi connectivity index (χ3v) is 5.58.